The maximum absolute atomic E-state index is 12.4. The summed E-state index contributed by atoms with van der Waals surface area (Å²) >= 11 is 0. The van der Waals surface area contributed by atoms with Crippen molar-refractivity contribution in [1.29, 1.82) is 0 Å². The summed E-state index contributed by atoms with van der Waals surface area (Å²) in [6.07, 6.45) is 7.73. The van der Waals surface area contributed by atoms with Crippen molar-refractivity contribution in [3.8, 4) is 0 Å². The molecule has 0 aromatic carbocycles. The van der Waals surface area contributed by atoms with Gasteiger partial charge in [-0.25, -0.2) is 0 Å². The molecule has 0 radical (unpaired) electrons. The number of unbranched alkanes of at least 4 members (excludes halogenated alkanes) is 3. The van der Waals surface area contributed by atoms with E-state index in [0.717, 1.165) is 30.9 Å². The number of hydrogen-bond donors (Lipinski definition) is 1. The molecule has 0 saturated heterocycles. The highest BCUT2D eigenvalue weighted by atomic mass is 16.5. The van der Waals surface area contributed by atoms with Crippen LogP contribution in [0.25, 0.3) is 0 Å². The lowest BCUT2D eigenvalue weighted by Crippen LogP contribution is -2.50. The van der Waals surface area contributed by atoms with Gasteiger partial charge in [-0.15, -0.1) is 10.2 Å². The van der Waals surface area contributed by atoms with Crippen LogP contribution < -0.4 is 5.32 Å². The summed E-state index contributed by atoms with van der Waals surface area (Å²) < 4.78 is 7.35. The Labute approximate surface area is 145 Å². The molecule has 0 spiro atoms. The van der Waals surface area contributed by atoms with Gasteiger partial charge < -0.3 is 9.30 Å². The highest BCUT2D eigenvalue weighted by molar-refractivity contribution is 5.80. The lowest BCUT2D eigenvalue weighted by atomic mass is 9.94. The van der Waals surface area contributed by atoms with Crippen molar-refractivity contribution in [2.24, 2.45) is 7.05 Å². The summed E-state index contributed by atoms with van der Waals surface area (Å²) in [4.78, 5) is 12.4. The van der Waals surface area contributed by atoms with Crippen LogP contribution in [0.5, 0.6) is 0 Å². The maximum atomic E-state index is 12.4. The van der Waals surface area contributed by atoms with Crippen LogP contribution in [0.3, 0.4) is 0 Å². The first-order chi connectivity index (χ1) is 11.5. The predicted octanol–water partition coefficient (Wildman–Crippen LogP) is 3.07. The van der Waals surface area contributed by atoms with Crippen molar-refractivity contribution in [3.63, 3.8) is 0 Å². The minimum Gasteiger partial charge on any atom is -0.465 e. The molecule has 136 valence electrons. The summed E-state index contributed by atoms with van der Waals surface area (Å²) in [6.45, 7) is 6.91. The number of ether oxygens (including phenoxy) is 1. The number of rotatable bonds is 11. The zero-order valence-corrected chi connectivity index (χ0v) is 15.6. The molecule has 0 amide bonds. The van der Waals surface area contributed by atoms with Gasteiger partial charge in [-0.05, 0) is 33.1 Å². The van der Waals surface area contributed by atoms with Crippen LogP contribution in [0, 0.1) is 0 Å². The zero-order valence-electron chi connectivity index (χ0n) is 15.6. The second-order valence-electron chi connectivity index (χ2n) is 7.02. The van der Waals surface area contributed by atoms with Crippen LogP contribution in [0.2, 0.25) is 0 Å². The number of nitrogens with one attached hydrogen (secondary N) is 1. The molecule has 0 unspecified atom stereocenters. The molecule has 1 aromatic rings. The van der Waals surface area contributed by atoms with Crippen LogP contribution in [0.15, 0.2) is 0 Å². The van der Waals surface area contributed by atoms with Gasteiger partial charge in [0.25, 0.3) is 0 Å². The van der Waals surface area contributed by atoms with Crippen LogP contribution in [-0.4, -0.2) is 32.9 Å². The van der Waals surface area contributed by atoms with Gasteiger partial charge >= 0.3 is 5.97 Å². The molecule has 24 heavy (non-hydrogen) atoms. The summed E-state index contributed by atoms with van der Waals surface area (Å²) in [5.74, 6) is 2.33. The van der Waals surface area contributed by atoms with E-state index in [0.29, 0.717) is 19.1 Å². The van der Waals surface area contributed by atoms with Crippen LogP contribution in [0.4, 0.5) is 0 Å². The molecule has 6 heteroatoms. The van der Waals surface area contributed by atoms with E-state index in [1.165, 1.54) is 25.7 Å². The SMILES string of the molecule is CCCCCC[C@@](C)(NCc1nnc(C2CC2)n1C)C(=O)OCC. The second kappa shape index (κ2) is 8.60. The minimum absolute atomic E-state index is 0.175. The molecule has 0 bridgehead atoms. The van der Waals surface area contributed by atoms with Gasteiger partial charge in [0.1, 0.15) is 17.2 Å². The summed E-state index contributed by atoms with van der Waals surface area (Å²) in [5.41, 5.74) is -0.671. The summed E-state index contributed by atoms with van der Waals surface area (Å²) in [7, 11) is 2.01. The molecular weight excluding hydrogens is 304 g/mol. The van der Waals surface area contributed by atoms with Crippen LogP contribution in [-0.2, 0) is 23.1 Å². The fourth-order valence-electron chi connectivity index (χ4n) is 2.96. The highest BCUT2D eigenvalue weighted by Crippen LogP contribution is 2.38. The molecule has 1 saturated carbocycles. The Morgan fingerprint density at radius 1 is 1.29 bits per heavy atom. The van der Waals surface area contributed by atoms with Crippen LogP contribution >= 0.6 is 0 Å². The monoisotopic (exact) mass is 336 g/mol. The van der Waals surface area contributed by atoms with E-state index >= 15 is 0 Å². The van der Waals surface area contributed by atoms with E-state index in [1.54, 1.807) is 0 Å². The Morgan fingerprint density at radius 2 is 2.04 bits per heavy atom. The molecule has 1 N–H and O–H groups in total. The number of carbonyl (C=O) groups is 1. The lowest BCUT2D eigenvalue weighted by Gasteiger charge is -2.28. The molecule has 1 fully saturated rings. The number of aromatic nitrogens is 3. The molecule has 2 rings (SSSR count). The molecule has 1 aromatic heterocycles. The fourth-order valence-corrected chi connectivity index (χ4v) is 2.96. The topological polar surface area (TPSA) is 69.0 Å². The minimum atomic E-state index is -0.671. The Hall–Kier alpha value is -1.43. The van der Waals surface area contributed by atoms with Crippen molar-refractivity contribution in [2.45, 2.75) is 83.7 Å². The van der Waals surface area contributed by atoms with Crippen molar-refractivity contribution >= 4 is 5.97 Å². The normalized spacial score (nSPS) is 16.8. The van der Waals surface area contributed by atoms with E-state index in [9.17, 15) is 4.79 Å². The first-order valence-electron chi connectivity index (χ1n) is 9.32. The highest BCUT2D eigenvalue weighted by Gasteiger charge is 2.35. The largest absolute Gasteiger partial charge is 0.465 e. The van der Waals surface area contributed by atoms with Crippen molar-refractivity contribution < 1.29 is 9.53 Å². The van der Waals surface area contributed by atoms with Gasteiger partial charge in [0.2, 0.25) is 0 Å². The molecule has 1 aliphatic rings. The first kappa shape index (κ1) is 18.9. The van der Waals surface area contributed by atoms with Gasteiger partial charge in [0, 0.05) is 13.0 Å². The van der Waals surface area contributed by atoms with Gasteiger partial charge in [-0.1, -0.05) is 32.6 Å². The van der Waals surface area contributed by atoms with Crippen LogP contribution in [0.1, 0.15) is 83.3 Å². The number of esters is 1. The Balaban J connectivity index is 1.97. The van der Waals surface area contributed by atoms with E-state index in [1.807, 2.05) is 20.9 Å². The number of carbonyl (C=O) groups excluding carboxylic acids is 1. The standard InChI is InChI=1S/C18H32N4O2/c1-5-7-8-9-12-18(3,17(23)24-6-2)19-13-15-20-21-16(22(15)4)14-10-11-14/h14,19H,5-13H2,1-4H3/t18-/m1/s1. The second-order valence-corrected chi connectivity index (χ2v) is 7.02. The zero-order chi connectivity index (χ0) is 17.6. The van der Waals surface area contributed by atoms with E-state index in [4.69, 9.17) is 4.74 Å². The number of nitrogens with zero attached hydrogens (tertiary/aromatic N) is 3. The smallest absolute Gasteiger partial charge is 0.326 e. The third-order valence-electron chi connectivity index (χ3n) is 4.83. The van der Waals surface area contributed by atoms with E-state index in [-0.39, 0.29) is 5.97 Å². The van der Waals surface area contributed by atoms with Gasteiger partial charge in [0.15, 0.2) is 0 Å². The summed E-state index contributed by atoms with van der Waals surface area (Å²) in [5, 5.41) is 12.0. The lowest BCUT2D eigenvalue weighted by molar-refractivity contribution is -0.151. The van der Waals surface area contributed by atoms with E-state index < -0.39 is 5.54 Å². The van der Waals surface area contributed by atoms with Gasteiger partial charge in [0.05, 0.1) is 13.2 Å². The molecule has 1 atom stereocenters. The average molecular weight is 336 g/mol. The molecular formula is C18H32N4O2. The Bertz CT molecular complexity index is 539. The molecule has 1 aliphatic carbocycles. The first-order valence-corrected chi connectivity index (χ1v) is 9.32. The van der Waals surface area contributed by atoms with Crippen molar-refractivity contribution in [3.05, 3.63) is 11.6 Å². The molecule has 6 nitrogen and oxygen atoms in total. The number of hydrogen-bond acceptors (Lipinski definition) is 5. The Kier molecular flexibility index (Phi) is 6.78. The maximum Gasteiger partial charge on any atom is 0.326 e. The molecule has 1 heterocycles. The quantitative estimate of drug-likeness (QED) is 0.497. The summed E-state index contributed by atoms with van der Waals surface area (Å²) in [6, 6.07) is 0. The third-order valence-corrected chi connectivity index (χ3v) is 4.83. The average Bonchev–Trinajstić information content (AvgIpc) is 3.34. The molecule has 0 aliphatic heterocycles. The Morgan fingerprint density at radius 3 is 2.67 bits per heavy atom. The van der Waals surface area contributed by atoms with Gasteiger partial charge in [-0.2, -0.15) is 0 Å². The fraction of sp³-hybridized carbons (Fsp3) is 0.833. The van der Waals surface area contributed by atoms with E-state index in [2.05, 4.69) is 27.0 Å². The van der Waals surface area contributed by atoms with Crippen molar-refractivity contribution in [2.75, 3.05) is 6.61 Å². The van der Waals surface area contributed by atoms with Gasteiger partial charge in [-0.3, -0.25) is 10.1 Å². The predicted molar refractivity (Wildman–Crippen MR) is 93.6 cm³/mol. The van der Waals surface area contributed by atoms with Crippen molar-refractivity contribution in [1.82, 2.24) is 20.1 Å². The third kappa shape index (κ3) is 4.79.